The molecule has 66 valence electrons. The molecule has 0 spiro atoms. The van der Waals surface area contributed by atoms with E-state index in [2.05, 4.69) is 0 Å². The summed E-state index contributed by atoms with van der Waals surface area (Å²) in [5.74, 6) is -0.251. The third kappa shape index (κ3) is 1.05. The van der Waals surface area contributed by atoms with Crippen LogP contribution in [0.3, 0.4) is 0 Å². The fraction of sp³-hybridized carbons (Fsp3) is 0.556. The van der Waals surface area contributed by atoms with Crippen LogP contribution in [0.4, 0.5) is 0 Å². The van der Waals surface area contributed by atoms with Crippen molar-refractivity contribution >= 4 is 11.8 Å². The normalized spacial score (nSPS) is 18.1. The van der Waals surface area contributed by atoms with Gasteiger partial charge in [-0.3, -0.25) is 14.5 Å². The lowest BCUT2D eigenvalue weighted by Crippen LogP contribution is -2.26. The molecule has 0 bridgehead atoms. The van der Waals surface area contributed by atoms with Crippen LogP contribution in [0.15, 0.2) is 11.1 Å². The summed E-state index contributed by atoms with van der Waals surface area (Å²) in [6, 6.07) is 0. The lowest BCUT2D eigenvalue weighted by Gasteiger charge is -2.05. The zero-order valence-corrected chi connectivity index (χ0v) is 7.68. The zero-order chi connectivity index (χ0) is 9.30. The van der Waals surface area contributed by atoms with E-state index in [0.29, 0.717) is 24.0 Å². The van der Waals surface area contributed by atoms with Crippen molar-refractivity contribution in [2.24, 2.45) is 0 Å². The third-order valence-electron chi connectivity index (χ3n) is 2.20. The average molecular weight is 167 g/mol. The molecule has 1 aliphatic heterocycles. The van der Waals surface area contributed by atoms with E-state index in [1.807, 2.05) is 13.8 Å². The van der Waals surface area contributed by atoms with Gasteiger partial charge in [0.05, 0.1) is 0 Å². The van der Waals surface area contributed by atoms with Crippen LogP contribution in [0.5, 0.6) is 0 Å². The molecule has 0 aromatic rings. The first kappa shape index (κ1) is 8.97. The number of amides is 2. The van der Waals surface area contributed by atoms with Crippen molar-refractivity contribution in [1.82, 2.24) is 4.90 Å². The molecule has 1 aliphatic rings. The van der Waals surface area contributed by atoms with Gasteiger partial charge in [-0.25, -0.2) is 0 Å². The number of nitrogens with zero attached hydrogens (tertiary/aromatic N) is 1. The summed E-state index contributed by atoms with van der Waals surface area (Å²) < 4.78 is 0. The molecule has 0 aliphatic carbocycles. The van der Waals surface area contributed by atoms with Crippen LogP contribution in [0.25, 0.3) is 0 Å². The summed E-state index contributed by atoms with van der Waals surface area (Å²) in [6.07, 6.45) is 1.30. The summed E-state index contributed by atoms with van der Waals surface area (Å²) >= 11 is 0. The monoisotopic (exact) mass is 167 g/mol. The van der Waals surface area contributed by atoms with E-state index in [-0.39, 0.29) is 11.8 Å². The first-order valence-corrected chi connectivity index (χ1v) is 4.17. The second kappa shape index (κ2) is 3.09. The highest BCUT2D eigenvalue weighted by molar-refractivity contribution is 6.18. The lowest BCUT2D eigenvalue weighted by atomic mass is 10.1. The summed E-state index contributed by atoms with van der Waals surface area (Å²) in [5, 5.41) is 0. The second-order valence-corrected chi connectivity index (χ2v) is 2.83. The van der Waals surface area contributed by atoms with Crippen molar-refractivity contribution < 1.29 is 9.59 Å². The van der Waals surface area contributed by atoms with Gasteiger partial charge in [0.25, 0.3) is 11.8 Å². The van der Waals surface area contributed by atoms with Crippen LogP contribution in [-0.4, -0.2) is 23.8 Å². The Hall–Kier alpha value is -1.12. The summed E-state index contributed by atoms with van der Waals surface area (Å²) in [4.78, 5) is 23.9. The Balaban J connectivity index is 3.09. The van der Waals surface area contributed by atoms with Crippen molar-refractivity contribution in [3.05, 3.63) is 11.1 Å². The van der Waals surface area contributed by atoms with E-state index in [4.69, 9.17) is 0 Å². The van der Waals surface area contributed by atoms with E-state index >= 15 is 0 Å². The Morgan fingerprint density at radius 1 is 1.00 bits per heavy atom. The Kier molecular flexibility index (Phi) is 2.31. The zero-order valence-electron chi connectivity index (χ0n) is 7.68. The average Bonchev–Trinajstić information content (AvgIpc) is 2.29. The molecule has 3 heteroatoms. The van der Waals surface area contributed by atoms with E-state index in [9.17, 15) is 9.59 Å². The van der Waals surface area contributed by atoms with E-state index in [0.717, 1.165) is 0 Å². The largest absolute Gasteiger partial charge is 0.278 e. The van der Waals surface area contributed by atoms with Crippen molar-refractivity contribution in [1.29, 1.82) is 0 Å². The summed E-state index contributed by atoms with van der Waals surface area (Å²) in [6.45, 7) is 3.80. The van der Waals surface area contributed by atoms with E-state index in [1.165, 1.54) is 11.9 Å². The Morgan fingerprint density at radius 3 is 1.58 bits per heavy atom. The minimum atomic E-state index is -0.126. The molecule has 0 saturated carbocycles. The van der Waals surface area contributed by atoms with Crippen LogP contribution >= 0.6 is 0 Å². The number of rotatable bonds is 2. The van der Waals surface area contributed by atoms with Crippen molar-refractivity contribution in [2.75, 3.05) is 7.05 Å². The van der Waals surface area contributed by atoms with Crippen molar-refractivity contribution in [2.45, 2.75) is 26.7 Å². The van der Waals surface area contributed by atoms with Gasteiger partial charge >= 0.3 is 0 Å². The van der Waals surface area contributed by atoms with Gasteiger partial charge in [0.15, 0.2) is 0 Å². The predicted octanol–water partition coefficient (Wildman–Crippen LogP) is 1.10. The molecule has 0 fully saturated rings. The molecule has 3 nitrogen and oxygen atoms in total. The maximum atomic E-state index is 11.4. The molecule has 1 heterocycles. The standard InChI is InChI=1S/C9H13NO2/c1-4-6-7(5-2)9(12)10(3)8(6)11/h4-5H2,1-3H3. The summed E-state index contributed by atoms with van der Waals surface area (Å²) in [5.41, 5.74) is 1.37. The number of hydrogen-bond donors (Lipinski definition) is 0. The fourth-order valence-corrected chi connectivity index (χ4v) is 1.48. The molecule has 0 aromatic carbocycles. The summed E-state index contributed by atoms with van der Waals surface area (Å²) in [7, 11) is 1.53. The van der Waals surface area contributed by atoms with Gasteiger partial charge in [-0.15, -0.1) is 0 Å². The van der Waals surface area contributed by atoms with Crippen molar-refractivity contribution in [3.8, 4) is 0 Å². The van der Waals surface area contributed by atoms with Crippen LogP contribution in [0.1, 0.15) is 26.7 Å². The molecular formula is C9H13NO2. The smallest absolute Gasteiger partial charge is 0.256 e. The minimum Gasteiger partial charge on any atom is -0.278 e. The molecule has 0 atom stereocenters. The van der Waals surface area contributed by atoms with Gasteiger partial charge in [-0.05, 0) is 12.8 Å². The SMILES string of the molecule is CCC1=C(CC)C(=O)N(C)C1=O. The fourth-order valence-electron chi connectivity index (χ4n) is 1.48. The Labute approximate surface area is 72.0 Å². The highest BCUT2D eigenvalue weighted by Gasteiger charge is 2.32. The number of carbonyl (C=O) groups is 2. The highest BCUT2D eigenvalue weighted by Crippen LogP contribution is 2.23. The molecule has 2 amide bonds. The Morgan fingerprint density at radius 2 is 1.33 bits per heavy atom. The van der Waals surface area contributed by atoms with Crippen LogP contribution in [-0.2, 0) is 9.59 Å². The molecule has 12 heavy (non-hydrogen) atoms. The highest BCUT2D eigenvalue weighted by atomic mass is 16.2. The first-order chi connectivity index (χ1) is 5.63. The molecule has 0 saturated heterocycles. The van der Waals surface area contributed by atoms with Crippen LogP contribution in [0, 0.1) is 0 Å². The molecule has 0 N–H and O–H groups in total. The molecular weight excluding hydrogens is 154 g/mol. The van der Waals surface area contributed by atoms with Crippen LogP contribution < -0.4 is 0 Å². The molecule has 0 unspecified atom stereocenters. The quantitative estimate of drug-likeness (QED) is 0.577. The van der Waals surface area contributed by atoms with Gasteiger partial charge < -0.3 is 0 Å². The second-order valence-electron chi connectivity index (χ2n) is 2.83. The van der Waals surface area contributed by atoms with E-state index in [1.54, 1.807) is 0 Å². The van der Waals surface area contributed by atoms with Gasteiger partial charge in [0.1, 0.15) is 0 Å². The van der Waals surface area contributed by atoms with Crippen LogP contribution in [0.2, 0.25) is 0 Å². The van der Waals surface area contributed by atoms with E-state index < -0.39 is 0 Å². The van der Waals surface area contributed by atoms with Gasteiger partial charge in [-0.2, -0.15) is 0 Å². The maximum absolute atomic E-state index is 11.4. The molecule has 1 rings (SSSR count). The number of hydrogen-bond acceptors (Lipinski definition) is 2. The predicted molar refractivity (Wildman–Crippen MR) is 45.4 cm³/mol. The minimum absolute atomic E-state index is 0.126. The van der Waals surface area contributed by atoms with Gasteiger partial charge in [0.2, 0.25) is 0 Å². The number of carbonyl (C=O) groups excluding carboxylic acids is 2. The first-order valence-electron chi connectivity index (χ1n) is 4.17. The number of likely N-dealkylation sites (N-methyl/N-ethyl adjacent to an activating group) is 1. The Bertz CT molecular complexity index is 240. The lowest BCUT2D eigenvalue weighted by molar-refractivity contribution is -0.136. The topological polar surface area (TPSA) is 37.4 Å². The maximum Gasteiger partial charge on any atom is 0.256 e. The molecule has 0 aromatic heterocycles. The number of imide groups is 1. The van der Waals surface area contributed by atoms with Crippen molar-refractivity contribution in [3.63, 3.8) is 0 Å². The van der Waals surface area contributed by atoms with Gasteiger partial charge in [0, 0.05) is 18.2 Å². The molecule has 0 radical (unpaired) electrons. The van der Waals surface area contributed by atoms with Gasteiger partial charge in [-0.1, -0.05) is 13.8 Å². The third-order valence-corrected chi connectivity index (χ3v) is 2.20.